The van der Waals surface area contributed by atoms with Gasteiger partial charge in [-0.3, -0.25) is 13.8 Å². The number of phosphoric ester groups is 1. The number of amides is 1. The molecule has 2 aliphatic rings. The predicted molar refractivity (Wildman–Crippen MR) is 288 cm³/mol. The van der Waals surface area contributed by atoms with Crippen LogP contribution in [0.2, 0.25) is 0 Å². The van der Waals surface area contributed by atoms with E-state index in [9.17, 15) is 60.2 Å². The van der Waals surface area contributed by atoms with Crippen molar-refractivity contribution in [1.29, 1.82) is 0 Å². The van der Waals surface area contributed by atoms with Crippen LogP contribution in [-0.4, -0.2) is 149 Å². The Bertz CT molecular complexity index is 1390. The first-order chi connectivity index (χ1) is 35.7. The molecule has 1 aliphatic carbocycles. The summed E-state index contributed by atoms with van der Waals surface area (Å²) in [5, 5.41) is 97.5. The summed E-state index contributed by atoms with van der Waals surface area (Å²) < 4.78 is 35.0. The monoisotopic (exact) mass is 1080 g/mol. The van der Waals surface area contributed by atoms with E-state index in [-0.39, 0.29) is 18.7 Å². The molecule has 440 valence electrons. The molecule has 7 unspecified atom stereocenters. The van der Waals surface area contributed by atoms with Gasteiger partial charge < -0.3 is 65.6 Å². The maximum absolute atomic E-state index is 13.5. The van der Waals surface area contributed by atoms with Crippen LogP contribution in [-0.2, 0) is 27.9 Å². The Morgan fingerprint density at radius 3 is 1.24 bits per heavy atom. The molecular formula is C56H110NO16P. The third-order valence-corrected chi connectivity index (χ3v) is 16.3. The van der Waals surface area contributed by atoms with Crippen LogP contribution < -0.4 is 5.32 Å². The molecule has 0 bridgehead atoms. The Hall–Kier alpha value is -0.860. The van der Waals surface area contributed by atoms with Gasteiger partial charge in [0.15, 0.2) is 6.29 Å². The lowest BCUT2D eigenvalue weighted by molar-refractivity contribution is -0.338. The molecule has 2 fully saturated rings. The van der Waals surface area contributed by atoms with Gasteiger partial charge in [-0.1, -0.05) is 239 Å². The van der Waals surface area contributed by atoms with Crippen LogP contribution in [0.15, 0.2) is 0 Å². The molecule has 74 heavy (non-hydrogen) atoms. The van der Waals surface area contributed by atoms with Crippen LogP contribution in [0.3, 0.4) is 0 Å². The number of ether oxygens (including phenoxy) is 2. The average Bonchev–Trinajstić information content (AvgIpc) is 3.38. The molecule has 1 heterocycles. The van der Waals surface area contributed by atoms with E-state index in [0.717, 1.165) is 51.4 Å². The van der Waals surface area contributed by atoms with Crippen LogP contribution in [0, 0.1) is 0 Å². The second-order valence-corrected chi connectivity index (χ2v) is 23.3. The van der Waals surface area contributed by atoms with Gasteiger partial charge in [-0.25, -0.2) is 4.57 Å². The number of aliphatic hydroxyl groups is 9. The minimum absolute atomic E-state index is 0.178. The zero-order valence-electron chi connectivity index (χ0n) is 46.2. The van der Waals surface area contributed by atoms with E-state index in [2.05, 4.69) is 19.2 Å². The van der Waals surface area contributed by atoms with E-state index in [1.807, 2.05) is 0 Å². The highest BCUT2D eigenvalue weighted by atomic mass is 31.2. The van der Waals surface area contributed by atoms with Crippen molar-refractivity contribution < 1.29 is 78.7 Å². The number of rotatable bonds is 48. The first kappa shape index (κ1) is 69.2. The van der Waals surface area contributed by atoms with E-state index >= 15 is 0 Å². The third kappa shape index (κ3) is 29.9. The highest BCUT2D eigenvalue weighted by Crippen LogP contribution is 2.48. The highest BCUT2D eigenvalue weighted by molar-refractivity contribution is 7.47. The predicted octanol–water partition coefficient (Wildman–Crippen LogP) is 8.84. The van der Waals surface area contributed by atoms with Gasteiger partial charge in [-0.05, 0) is 12.8 Å². The van der Waals surface area contributed by atoms with E-state index in [1.165, 1.54) is 167 Å². The summed E-state index contributed by atoms with van der Waals surface area (Å²) in [6, 6.07) is -1.14. The Labute approximate surface area is 446 Å². The molecule has 2 rings (SSSR count). The summed E-state index contributed by atoms with van der Waals surface area (Å²) in [6.07, 6.45) is 21.5. The summed E-state index contributed by atoms with van der Waals surface area (Å²) in [6.45, 7) is 2.96. The van der Waals surface area contributed by atoms with Crippen molar-refractivity contribution in [2.75, 3.05) is 13.2 Å². The second-order valence-electron chi connectivity index (χ2n) is 21.9. The van der Waals surface area contributed by atoms with Crippen molar-refractivity contribution in [2.24, 2.45) is 0 Å². The summed E-state index contributed by atoms with van der Waals surface area (Å²) in [5.41, 5.74) is 0. The number of hydrogen-bond acceptors (Lipinski definition) is 15. The van der Waals surface area contributed by atoms with Gasteiger partial charge >= 0.3 is 7.82 Å². The first-order valence-electron chi connectivity index (χ1n) is 30.0. The molecule has 14 atom stereocenters. The lowest BCUT2D eigenvalue weighted by atomic mass is 9.84. The fourth-order valence-electron chi connectivity index (χ4n) is 10.3. The normalized spacial score (nSPS) is 27.0. The van der Waals surface area contributed by atoms with Crippen LogP contribution in [0.25, 0.3) is 0 Å². The van der Waals surface area contributed by atoms with Crippen molar-refractivity contribution in [3.8, 4) is 0 Å². The van der Waals surface area contributed by atoms with Gasteiger partial charge in [0.05, 0.1) is 25.4 Å². The van der Waals surface area contributed by atoms with Crippen molar-refractivity contribution in [2.45, 2.75) is 337 Å². The maximum Gasteiger partial charge on any atom is 0.472 e. The smallest absolute Gasteiger partial charge is 0.394 e. The van der Waals surface area contributed by atoms with Crippen molar-refractivity contribution in [1.82, 2.24) is 5.32 Å². The lowest BCUT2D eigenvalue weighted by Gasteiger charge is -2.47. The number of phosphoric acid groups is 1. The van der Waals surface area contributed by atoms with Crippen LogP contribution in [0.4, 0.5) is 0 Å². The lowest BCUT2D eigenvalue weighted by Crippen LogP contribution is -2.67. The number of unbranched alkanes of at least 4 members (excludes halogenated alkanes) is 34. The first-order valence-corrected chi connectivity index (χ1v) is 31.5. The fourth-order valence-corrected chi connectivity index (χ4v) is 11.3. The van der Waals surface area contributed by atoms with Crippen LogP contribution >= 0.6 is 7.82 Å². The minimum Gasteiger partial charge on any atom is -0.394 e. The molecule has 1 saturated heterocycles. The number of nitrogens with one attached hydrogen (secondary N) is 1. The summed E-state index contributed by atoms with van der Waals surface area (Å²) in [5.74, 6) is -0.365. The van der Waals surface area contributed by atoms with Crippen molar-refractivity contribution in [3.63, 3.8) is 0 Å². The van der Waals surface area contributed by atoms with Gasteiger partial charge in [-0.2, -0.15) is 0 Å². The maximum atomic E-state index is 13.5. The van der Waals surface area contributed by atoms with Gasteiger partial charge in [0, 0.05) is 6.42 Å². The van der Waals surface area contributed by atoms with E-state index in [0.29, 0.717) is 12.8 Å². The second kappa shape index (κ2) is 43.0. The van der Waals surface area contributed by atoms with Crippen molar-refractivity contribution in [3.05, 3.63) is 0 Å². The zero-order chi connectivity index (χ0) is 54.4. The van der Waals surface area contributed by atoms with Gasteiger partial charge in [-0.15, -0.1) is 0 Å². The van der Waals surface area contributed by atoms with Crippen LogP contribution in [0.1, 0.15) is 258 Å². The summed E-state index contributed by atoms with van der Waals surface area (Å²) in [7, 11) is -5.31. The van der Waals surface area contributed by atoms with Crippen molar-refractivity contribution >= 4 is 13.7 Å². The zero-order valence-corrected chi connectivity index (χ0v) is 47.1. The average molecular weight is 1080 g/mol. The highest BCUT2D eigenvalue weighted by Gasteiger charge is 2.55. The van der Waals surface area contributed by atoms with E-state index < -0.39 is 101 Å². The molecule has 17 nitrogen and oxygen atoms in total. The Kier molecular flexibility index (Phi) is 40.2. The molecule has 18 heteroatoms. The molecule has 0 spiro atoms. The number of carbonyl (C=O) groups excluding carboxylic acids is 1. The molecule has 0 aromatic carbocycles. The Morgan fingerprint density at radius 2 is 0.851 bits per heavy atom. The molecule has 1 amide bonds. The molecule has 0 aromatic heterocycles. The minimum atomic E-state index is -5.31. The quantitative estimate of drug-likeness (QED) is 0.0200. The third-order valence-electron chi connectivity index (χ3n) is 15.3. The van der Waals surface area contributed by atoms with Gasteiger partial charge in [0.1, 0.15) is 61.0 Å². The number of hydrogen-bond donors (Lipinski definition) is 11. The Morgan fingerprint density at radius 1 is 0.500 bits per heavy atom. The molecule has 0 aromatic rings. The van der Waals surface area contributed by atoms with E-state index in [4.69, 9.17) is 18.5 Å². The summed E-state index contributed by atoms with van der Waals surface area (Å²) >= 11 is 0. The van der Waals surface area contributed by atoms with Gasteiger partial charge in [0.25, 0.3) is 0 Å². The molecule has 1 aliphatic heterocycles. The molecule has 0 radical (unpaired) electrons. The summed E-state index contributed by atoms with van der Waals surface area (Å²) in [4.78, 5) is 24.2. The SMILES string of the molecule is CCCCCCCCCCCCCCCCCCCCCCCCCC(=O)N[C@@H](COP(=O)(O)O[C@H]1C(O)C(O)C(O)[C@@H](O)C1O[C@H]1O[C@H](CO)[C@@H](O)C(O)C1O)[C@H](O)CCCCCCCCCCCCCCC. The fraction of sp³-hybridized carbons (Fsp3) is 0.982. The van der Waals surface area contributed by atoms with Gasteiger partial charge in [0.2, 0.25) is 5.91 Å². The topological polar surface area (TPSA) is 285 Å². The van der Waals surface area contributed by atoms with Crippen LogP contribution in [0.5, 0.6) is 0 Å². The number of carbonyl (C=O) groups is 1. The molecule has 1 saturated carbocycles. The van der Waals surface area contributed by atoms with E-state index in [1.54, 1.807) is 0 Å². The molecular weight excluding hydrogens is 974 g/mol. The standard InChI is InChI=1S/C56H110NO16P/c1-3-5-7-9-11-13-15-17-18-19-20-21-22-23-24-25-26-28-30-32-34-36-38-40-46(60)57-43(44(59)39-37-35-33-31-29-27-16-14-12-10-8-6-4-2)42-70-74(68,69)73-55-52(66)50(64)49(63)51(65)54(55)72-56-53(67)48(62)47(61)45(41-58)71-56/h43-45,47-56,58-59,61-67H,3-42H2,1-2H3,(H,57,60)(H,68,69)/t43-,44+,45+,47+,48?,49?,50?,51+,52?,53?,54?,55-,56+/m0/s1. The largest absolute Gasteiger partial charge is 0.472 e. The number of aliphatic hydroxyl groups excluding tert-OH is 9. The Balaban J connectivity index is 1.82. The molecule has 11 N–H and O–H groups in total.